The Balaban J connectivity index is 2.50. The summed E-state index contributed by atoms with van der Waals surface area (Å²) in [5.74, 6) is 0.675. The van der Waals surface area contributed by atoms with Crippen molar-refractivity contribution < 1.29 is 4.74 Å². The summed E-state index contributed by atoms with van der Waals surface area (Å²) in [6, 6.07) is 8.47. The van der Waals surface area contributed by atoms with Crippen molar-refractivity contribution >= 4 is 15.9 Å². The molecule has 96 valence electrons. The molecule has 0 saturated carbocycles. The lowest BCUT2D eigenvalue weighted by Crippen LogP contribution is -2.21. The van der Waals surface area contributed by atoms with E-state index in [1.807, 2.05) is 7.05 Å². The Morgan fingerprint density at radius 2 is 2.12 bits per heavy atom. The third-order valence-corrected chi connectivity index (χ3v) is 3.69. The van der Waals surface area contributed by atoms with E-state index in [4.69, 9.17) is 4.74 Å². The van der Waals surface area contributed by atoms with Crippen LogP contribution in [0.4, 0.5) is 0 Å². The Labute approximate surface area is 113 Å². The van der Waals surface area contributed by atoms with Crippen molar-refractivity contribution in [1.82, 2.24) is 5.32 Å². The van der Waals surface area contributed by atoms with Gasteiger partial charge in [0, 0.05) is 18.2 Å². The zero-order valence-electron chi connectivity index (χ0n) is 10.7. The van der Waals surface area contributed by atoms with Gasteiger partial charge in [0.25, 0.3) is 0 Å². The van der Waals surface area contributed by atoms with Gasteiger partial charge in [0.2, 0.25) is 0 Å². The van der Waals surface area contributed by atoms with E-state index >= 15 is 0 Å². The van der Waals surface area contributed by atoms with Crippen molar-refractivity contribution in [2.75, 3.05) is 27.3 Å². The van der Waals surface area contributed by atoms with E-state index in [0.29, 0.717) is 5.92 Å². The second-order valence-electron chi connectivity index (χ2n) is 4.35. The van der Waals surface area contributed by atoms with Crippen LogP contribution in [0.3, 0.4) is 0 Å². The average molecular weight is 300 g/mol. The first-order valence-corrected chi connectivity index (χ1v) is 6.94. The first-order chi connectivity index (χ1) is 8.27. The van der Waals surface area contributed by atoms with E-state index in [9.17, 15) is 0 Å². The lowest BCUT2D eigenvalue weighted by atomic mass is 9.95. The second-order valence-corrected chi connectivity index (χ2v) is 5.21. The highest BCUT2D eigenvalue weighted by Crippen LogP contribution is 2.21. The monoisotopic (exact) mass is 299 g/mol. The highest BCUT2D eigenvalue weighted by molar-refractivity contribution is 9.10. The van der Waals surface area contributed by atoms with E-state index in [2.05, 4.69) is 45.5 Å². The van der Waals surface area contributed by atoms with E-state index in [1.54, 1.807) is 7.11 Å². The fourth-order valence-corrected chi connectivity index (χ4v) is 2.50. The minimum atomic E-state index is 0.675. The summed E-state index contributed by atoms with van der Waals surface area (Å²) in [5, 5.41) is 3.28. The SMILES string of the molecule is CNCC(CCCOC)Cc1ccccc1Br. The molecule has 0 aliphatic heterocycles. The molecule has 0 radical (unpaired) electrons. The molecule has 0 bridgehead atoms. The number of rotatable bonds is 8. The number of benzene rings is 1. The van der Waals surface area contributed by atoms with Crippen LogP contribution in [-0.4, -0.2) is 27.3 Å². The molecule has 1 unspecified atom stereocenters. The molecule has 1 aromatic rings. The molecule has 0 spiro atoms. The molecule has 1 atom stereocenters. The van der Waals surface area contributed by atoms with Crippen LogP contribution in [0.2, 0.25) is 0 Å². The molecule has 0 aliphatic carbocycles. The second kappa shape index (κ2) is 8.67. The summed E-state index contributed by atoms with van der Waals surface area (Å²) in [5.41, 5.74) is 1.39. The Kier molecular flexibility index (Phi) is 7.49. The maximum Gasteiger partial charge on any atom is 0.0462 e. The molecular formula is C14H22BrNO. The van der Waals surface area contributed by atoms with Crippen LogP contribution in [0.1, 0.15) is 18.4 Å². The molecule has 0 amide bonds. The molecule has 0 fully saturated rings. The molecule has 0 saturated heterocycles. The van der Waals surface area contributed by atoms with Crippen molar-refractivity contribution in [3.63, 3.8) is 0 Å². The minimum Gasteiger partial charge on any atom is -0.385 e. The van der Waals surface area contributed by atoms with Crippen molar-refractivity contribution in [3.8, 4) is 0 Å². The fourth-order valence-electron chi connectivity index (χ4n) is 2.06. The number of halogens is 1. The zero-order chi connectivity index (χ0) is 12.5. The van der Waals surface area contributed by atoms with Crippen LogP contribution >= 0.6 is 15.9 Å². The third kappa shape index (κ3) is 5.66. The molecule has 0 aliphatic rings. The van der Waals surface area contributed by atoms with Crippen LogP contribution in [0, 0.1) is 5.92 Å². The van der Waals surface area contributed by atoms with Crippen LogP contribution in [0.25, 0.3) is 0 Å². The summed E-state index contributed by atoms with van der Waals surface area (Å²) in [4.78, 5) is 0. The van der Waals surface area contributed by atoms with Gasteiger partial charge in [-0.15, -0.1) is 0 Å². The van der Waals surface area contributed by atoms with E-state index in [-0.39, 0.29) is 0 Å². The van der Waals surface area contributed by atoms with Gasteiger partial charge in [-0.05, 0) is 50.4 Å². The summed E-state index contributed by atoms with van der Waals surface area (Å²) in [7, 11) is 3.78. The van der Waals surface area contributed by atoms with Crippen LogP contribution in [0.15, 0.2) is 28.7 Å². The maximum absolute atomic E-state index is 5.11. The van der Waals surface area contributed by atoms with Crippen LogP contribution in [-0.2, 0) is 11.2 Å². The van der Waals surface area contributed by atoms with E-state index < -0.39 is 0 Å². The molecule has 1 rings (SSSR count). The van der Waals surface area contributed by atoms with Gasteiger partial charge >= 0.3 is 0 Å². The summed E-state index contributed by atoms with van der Waals surface area (Å²) in [6.07, 6.45) is 3.45. The topological polar surface area (TPSA) is 21.3 Å². The lowest BCUT2D eigenvalue weighted by molar-refractivity contribution is 0.186. The lowest BCUT2D eigenvalue weighted by Gasteiger charge is -2.17. The summed E-state index contributed by atoms with van der Waals surface area (Å²) >= 11 is 3.61. The standard InChI is InChI=1S/C14H22BrNO/c1-16-11-12(6-5-9-17-2)10-13-7-3-4-8-14(13)15/h3-4,7-8,12,16H,5-6,9-11H2,1-2H3. The van der Waals surface area contributed by atoms with Gasteiger partial charge in [-0.25, -0.2) is 0 Å². The molecule has 1 aromatic carbocycles. The zero-order valence-corrected chi connectivity index (χ0v) is 12.3. The highest BCUT2D eigenvalue weighted by Gasteiger charge is 2.10. The smallest absolute Gasteiger partial charge is 0.0462 e. The van der Waals surface area contributed by atoms with Gasteiger partial charge in [-0.3, -0.25) is 0 Å². The van der Waals surface area contributed by atoms with E-state index in [0.717, 1.165) is 26.0 Å². The fraction of sp³-hybridized carbons (Fsp3) is 0.571. The first kappa shape index (κ1) is 14.7. The van der Waals surface area contributed by atoms with Crippen LogP contribution < -0.4 is 5.32 Å². The molecule has 0 heterocycles. The van der Waals surface area contributed by atoms with E-state index in [1.165, 1.54) is 16.5 Å². The van der Waals surface area contributed by atoms with Crippen molar-refractivity contribution in [1.29, 1.82) is 0 Å². The van der Waals surface area contributed by atoms with Gasteiger partial charge in [-0.1, -0.05) is 34.1 Å². The molecule has 3 heteroatoms. The number of methoxy groups -OCH3 is 1. The van der Waals surface area contributed by atoms with Crippen LogP contribution in [0.5, 0.6) is 0 Å². The van der Waals surface area contributed by atoms with Gasteiger partial charge in [0.05, 0.1) is 0 Å². The van der Waals surface area contributed by atoms with Crippen molar-refractivity contribution in [2.45, 2.75) is 19.3 Å². The quantitative estimate of drug-likeness (QED) is 0.744. The third-order valence-electron chi connectivity index (χ3n) is 2.92. The Morgan fingerprint density at radius 3 is 2.76 bits per heavy atom. The molecular weight excluding hydrogens is 278 g/mol. The maximum atomic E-state index is 5.11. The van der Waals surface area contributed by atoms with Crippen molar-refractivity contribution in [2.24, 2.45) is 5.92 Å². The van der Waals surface area contributed by atoms with Gasteiger partial charge < -0.3 is 10.1 Å². The Bertz CT molecular complexity index is 317. The number of ether oxygens (including phenoxy) is 1. The van der Waals surface area contributed by atoms with Gasteiger partial charge in [0.15, 0.2) is 0 Å². The average Bonchev–Trinajstić information content (AvgIpc) is 2.32. The number of hydrogen-bond acceptors (Lipinski definition) is 2. The van der Waals surface area contributed by atoms with Gasteiger partial charge in [-0.2, -0.15) is 0 Å². The largest absolute Gasteiger partial charge is 0.385 e. The van der Waals surface area contributed by atoms with Gasteiger partial charge in [0.1, 0.15) is 0 Å². The number of hydrogen-bond donors (Lipinski definition) is 1. The summed E-state index contributed by atoms with van der Waals surface area (Å²) in [6.45, 7) is 1.92. The predicted octanol–water partition coefficient (Wildman–Crippen LogP) is 3.25. The molecule has 1 N–H and O–H groups in total. The molecule has 17 heavy (non-hydrogen) atoms. The van der Waals surface area contributed by atoms with Crippen molar-refractivity contribution in [3.05, 3.63) is 34.3 Å². The molecule has 0 aromatic heterocycles. The minimum absolute atomic E-state index is 0.675. The predicted molar refractivity (Wildman–Crippen MR) is 76.4 cm³/mol. The highest BCUT2D eigenvalue weighted by atomic mass is 79.9. The molecule has 2 nitrogen and oxygen atoms in total. The number of nitrogens with one attached hydrogen (secondary N) is 1. The normalized spacial score (nSPS) is 12.6. The summed E-state index contributed by atoms with van der Waals surface area (Å²) < 4.78 is 6.33. The Morgan fingerprint density at radius 1 is 1.35 bits per heavy atom. The Hall–Kier alpha value is -0.380. The first-order valence-electron chi connectivity index (χ1n) is 6.15.